The summed E-state index contributed by atoms with van der Waals surface area (Å²) in [5.74, 6) is -0.451. The predicted molar refractivity (Wildman–Crippen MR) is 89.3 cm³/mol. The number of pyridine rings is 1. The van der Waals surface area contributed by atoms with Crippen LogP contribution in [0, 0.1) is 5.82 Å². The van der Waals surface area contributed by atoms with Gasteiger partial charge in [-0.15, -0.1) is 0 Å². The average molecular weight is 342 g/mol. The molecular weight excluding hydrogens is 333 g/mol. The minimum atomic E-state index is -0.573. The minimum absolute atomic E-state index is 0.196. The van der Waals surface area contributed by atoms with Crippen molar-refractivity contribution in [1.29, 1.82) is 0 Å². The molecule has 2 aromatic heterocycles. The van der Waals surface area contributed by atoms with E-state index in [0.29, 0.717) is 27.5 Å². The normalized spacial score (nSPS) is 11.2. The van der Waals surface area contributed by atoms with Crippen LogP contribution in [-0.4, -0.2) is 20.0 Å². The summed E-state index contributed by atoms with van der Waals surface area (Å²) in [5, 5.41) is 3.28. The number of aromatic amines is 1. The minimum Gasteiger partial charge on any atom is -0.290 e. The van der Waals surface area contributed by atoms with Crippen LogP contribution in [0.3, 0.4) is 0 Å². The highest BCUT2D eigenvalue weighted by atomic mass is 35.5. The molecule has 0 bridgehead atoms. The first kappa shape index (κ1) is 14.6. The second-order valence-electron chi connectivity index (χ2n) is 5.26. The fourth-order valence-electron chi connectivity index (χ4n) is 2.68. The monoisotopic (exact) mass is 341 g/mol. The van der Waals surface area contributed by atoms with E-state index in [4.69, 9.17) is 11.6 Å². The van der Waals surface area contributed by atoms with Crippen molar-refractivity contribution < 1.29 is 9.18 Å². The molecule has 0 unspecified atom stereocenters. The zero-order chi connectivity index (χ0) is 16.8. The van der Waals surface area contributed by atoms with Crippen molar-refractivity contribution in [1.82, 2.24) is 14.8 Å². The number of carbonyl (C=O) groups is 1. The molecule has 0 aliphatic rings. The molecule has 0 aliphatic carbocycles. The van der Waals surface area contributed by atoms with Gasteiger partial charge in [-0.2, -0.15) is 0 Å². The van der Waals surface area contributed by atoms with Gasteiger partial charge in [-0.1, -0.05) is 12.1 Å². The number of benzene rings is 2. The van der Waals surface area contributed by atoms with Crippen LogP contribution >= 0.6 is 11.6 Å². The van der Waals surface area contributed by atoms with E-state index in [1.165, 1.54) is 29.1 Å². The van der Waals surface area contributed by atoms with Gasteiger partial charge in [0.1, 0.15) is 11.3 Å². The lowest BCUT2D eigenvalue weighted by molar-refractivity contribution is 0.108. The van der Waals surface area contributed by atoms with Crippen molar-refractivity contribution in [3.8, 4) is 5.69 Å². The fraction of sp³-hybridized carbons (Fsp3) is 0. The number of halogens is 2. The first-order chi connectivity index (χ1) is 11.6. The lowest BCUT2D eigenvalue weighted by Crippen LogP contribution is -2.14. The number of hydrogen-bond donors (Lipinski definition) is 1. The summed E-state index contributed by atoms with van der Waals surface area (Å²) in [6, 6.07) is 10.8. The standard InChI is InChI=1S/C17H9ClFN3O2/c18-16(23)9-4-6-10(7-5-9)22-17(24)12-8-20-15-11(14(12)21-22)2-1-3-13(15)19/h1-8,21H. The van der Waals surface area contributed by atoms with E-state index in [0.717, 1.165) is 0 Å². The van der Waals surface area contributed by atoms with Gasteiger partial charge in [0.15, 0.2) is 0 Å². The van der Waals surface area contributed by atoms with Gasteiger partial charge in [-0.05, 0) is 41.9 Å². The number of rotatable bonds is 2. The van der Waals surface area contributed by atoms with Gasteiger partial charge in [0.05, 0.1) is 16.6 Å². The van der Waals surface area contributed by atoms with E-state index in [2.05, 4.69) is 10.1 Å². The highest BCUT2D eigenvalue weighted by Crippen LogP contribution is 2.22. The van der Waals surface area contributed by atoms with E-state index in [9.17, 15) is 14.0 Å². The highest BCUT2D eigenvalue weighted by Gasteiger charge is 2.13. The van der Waals surface area contributed by atoms with Crippen LogP contribution in [0.1, 0.15) is 10.4 Å². The average Bonchev–Trinajstić information content (AvgIpc) is 2.93. The second-order valence-corrected chi connectivity index (χ2v) is 5.60. The van der Waals surface area contributed by atoms with E-state index in [1.54, 1.807) is 24.3 Å². The molecule has 118 valence electrons. The molecule has 0 atom stereocenters. The molecular formula is C17H9ClFN3O2. The predicted octanol–water partition coefficient (Wildman–Crippen LogP) is 3.39. The fourth-order valence-corrected chi connectivity index (χ4v) is 2.80. The Kier molecular flexibility index (Phi) is 3.21. The number of fused-ring (bicyclic) bond motifs is 3. The Balaban J connectivity index is 1.98. The Morgan fingerprint density at radius 3 is 2.58 bits per heavy atom. The summed E-state index contributed by atoms with van der Waals surface area (Å²) in [6.07, 6.45) is 1.35. The lowest BCUT2D eigenvalue weighted by Gasteiger charge is -2.02. The molecule has 0 aliphatic heterocycles. The quantitative estimate of drug-likeness (QED) is 0.568. The first-order valence-electron chi connectivity index (χ1n) is 7.04. The first-order valence-corrected chi connectivity index (χ1v) is 7.42. The molecule has 0 spiro atoms. The molecule has 4 rings (SSSR count). The van der Waals surface area contributed by atoms with Gasteiger partial charge >= 0.3 is 0 Å². The topological polar surface area (TPSA) is 67.8 Å². The Bertz CT molecular complexity index is 1160. The number of aromatic nitrogens is 3. The van der Waals surface area contributed by atoms with Gasteiger partial charge < -0.3 is 0 Å². The Labute approximate surface area is 139 Å². The van der Waals surface area contributed by atoms with Crippen molar-refractivity contribution in [2.24, 2.45) is 0 Å². The van der Waals surface area contributed by atoms with Crippen molar-refractivity contribution >= 4 is 38.6 Å². The molecule has 0 radical (unpaired) electrons. The summed E-state index contributed by atoms with van der Waals surface area (Å²) in [7, 11) is 0. The van der Waals surface area contributed by atoms with Gasteiger partial charge in [-0.3, -0.25) is 19.7 Å². The maximum absolute atomic E-state index is 13.9. The molecule has 24 heavy (non-hydrogen) atoms. The second kappa shape index (κ2) is 5.28. The SMILES string of the molecule is O=C(Cl)c1ccc(-n2[nH]c3c(cnc4c(F)cccc43)c2=O)cc1. The Morgan fingerprint density at radius 2 is 1.88 bits per heavy atom. The van der Waals surface area contributed by atoms with Gasteiger partial charge in [0, 0.05) is 17.1 Å². The smallest absolute Gasteiger partial charge is 0.280 e. The molecule has 2 aromatic carbocycles. The van der Waals surface area contributed by atoms with Gasteiger partial charge in [0.2, 0.25) is 0 Å². The van der Waals surface area contributed by atoms with Gasteiger partial charge in [0.25, 0.3) is 10.8 Å². The summed E-state index contributed by atoms with van der Waals surface area (Å²) in [5.41, 5.74) is 1.25. The van der Waals surface area contributed by atoms with E-state index < -0.39 is 11.1 Å². The zero-order valence-electron chi connectivity index (χ0n) is 12.1. The number of nitrogens with zero attached hydrogens (tertiary/aromatic N) is 2. The summed E-state index contributed by atoms with van der Waals surface area (Å²) in [4.78, 5) is 27.7. The highest BCUT2D eigenvalue weighted by molar-refractivity contribution is 6.67. The third-order valence-corrected chi connectivity index (χ3v) is 4.08. The van der Waals surface area contributed by atoms with Gasteiger partial charge in [-0.25, -0.2) is 9.07 Å². The molecule has 0 amide bonds. The molecule has 4 aromatic rings. The summed E-state index contributed by atoms with van der Waals surface area (Å²) >= 11 is 5.42. The Morgan fingerprint density at radius 1 is 1.12 bits per heavy atom. The van der Waals surface area contributed by atoms with Crippen LogP contribution in [0.5, 0.6) is 0 Å². The van der Waals surface area contributed by atoms with Crippen LogP contribution in [0.2, 0.25) is 0 Å². The van der Waals surface area contributed by atoms with E-state index >= 15 is 0 Å². The van der Waals surface area contributed by atoms with Crippen molar-refractivity contribution in [2.45, 2.75) is 0 Å². The van der Waals surface area contributed by atoms with Crippen LogP contribution in [0.25, 0.3) is 27.5 Å². The molecule has 7 heteroatoms. The van der Waals surface area contributed by atoms with Crippen molar-refractivity contribution in [2.75, 3.05) is 0 Å². The number of para-hydroxylation sites is 1. The third-order valence-electron chi connectivity index (χ3n) is 3.86. The summed E-state index contributed by atoms with van der Waals surface area (Å²) < 4.78 is 15.2. The molecule has 1 N–H and O–H groups in total. The van der Waals surface area contributed by atoms with Crippen molar-refractivity contribution in [3.05, 3.63) is 70.4 Å². The number of H-pyrrole nitrogens is 1. The third kappa shape index (κ3) is 2.11. The Hall–Kier alpha value is -2.99. The van der Waals surface area contributed by atoms with Crippen LogP contribution in [0.15, 0.2) is 53.5 Å². The number of carbonyl (C=O) groups excluding carboxylic acids is 1. The molecule has 2 heterocycles. The van der Waals surface area contributed by atoms with E-state index in [1.807, 2.05) is 0 Å². The molecule has 0 saturated heterocycles. The lowest BCUT2D eigenvalue weighted by atomic mass is 10.1. The van der Waals surface area contributed by atoms with Crippen LogP contribution < -0.4 is 5.56 Å². The van der Waals surface area contributed by atoms with Crippen molar-refractivity contribution in [3.63, 3.8) is 0 Å². The number of hydrogen-bond acceptors (Lipinski definition) is 3. The molecule has 5 nitrogen and oxygen atoms in total. The van der Waals surface area contributed by atoms with Crippen LogP contribution in [0.4, 0.5) is 4.39 Å². The maximum atomic E-state index is 13.9. The van der Waals surface area contributed by atoms with E-state index in [-0.39, 0.29) is 11.1 Å². The zero-order valence-corrected chi connectivity index (χ0v) is 12.8. The van der Waals surface area contributed by atoms with Crippen LogP contribution in [-0.2, 0) is 0 Å². The number of nitrogens with one attached hydrogen (secondary N) is 1. The maximum Gasteiger partial charge on any atom is 0.280 e. The summed E-state index contributed by atoms with van der Waals surface area (Å²) in [6.45, 7) is 0. The molecule has 0 fully saturated rings. The largest absolute Gasteiger partial charge is 0.290 e. The molecule has 0 saturated carbocycles.